The van der Waals surface area contributed by atoms with Crippen LogP contribution in [0, 0.1) is 5.92 Å². The first-order valence-electron chi connectivity index (χ1n) is 8.27. The third-order valence-electron chi connectivity index (χ3n) is 4.48. The molecule has 0 radical (unpaired) electrons. The highest BCUT2D eigenvalue weighted by molar-refractivity contribution is 6.03. The van der Waals surface area contributed by atoms with Gasteiger partial charge in [0.1, 0.15) is 5.92 Å². The summed E-state index contributed by atoms with van der Waals surface area (Å²) in [4.78, 5) is 24.6. The monoisotopic (exact) mass is 351 g/mol. The zero-order valence-corrected chi connectivity index (χ0v) is 13.8. The van der Waals surface area contributed by atoms with E-state index in [-0.39, 0.29) is 18.6 Å². The third-order valence-corrected chi connectivity index (χ3v) is 4.48. The lowest BCUT2D eigenvalue weighted by atomic mass is 9.88. The summed E-state index contributed by atoms with van der Waals surface area (Å²) in [6.07, 6.45) is 1.50. The zero-order chi connectivity index (χ0) is 17.9. The topological polar surface area (TPSA) is 89.0 Å². The summed E-state index contributed by atoms with van der Waals surface area (Å²) in [5.41, 5.74) is 4.17. The summed E-state index contributed by atoms with van der Waals surface area (Å²) >= 11 is 0. The molecular formula is C19H17N3O4. The molecule has 26 heavy (non-hydrogen) atoms. The summed E-state index contributed by atoms with van der Waals surface area (Å²) in [5, 5.41) is 6.73. The zero-order valence-electron chi connectivity index (χ0n) is 13.8. The van der Waals surface area contributed by atoms with Crippen LogP contribution in [0.3, 0.4) is 0 Å². The van der Waals surface area contributed by atoms with Crippen molar-refractivity contribution in [3.8, 4) is 11.5 Å². The minimum atomic E-state index is -0.800. The van der Waals surface area contributed by atoms with Crippen LogP contribution in [0.4, 0.5) is 0 Å². The van der Waals surface area contributed by atoms with E-state index >= 15 is 0 Å². The molecule has 0 aliphatic carbocycles. The van der Waals surface area contributed by atoms with Gasteiger partial charge in [-0.3, -0.25) is 9.59 Å². The van der Waals surface area contributed by atoms with Crippen LogP contribution in [0.5, 0.6) is 11.5 Å². The number of benzene rings is 2. The molecule has 7 nitrogen and oxygen atoms in total. The molecule has 0 aromatic heterocycles. The van der Waals surface area contributed by atoms with Crippen LogP contribution in [0.1, 0.15) is 17.0 Å². The van der Waals surface area contributed by atoms with Crippen LogP contribution < -0.4 is 20.2 Å². The third kappa shape index (κ3) is 3.11. The summed E-state index contributed by atoms with van der Waals surface area (Å²) in [6, 6.07) is 14.9. The molecule has 2 aromatic rings. The van der Waals surface area contributed by atoms with Gasteiger partial charge in [0.25, 0.3) is 5.91 Å². The smallest absolute Gasteiger partial charge is 0.253 e. The maximum Gasteiger partial charge on any atom is 0.253 e. The Morgan fingerprint density at radius 3 is 2.81 bits per heavy atom. The van der Waals surface area contributed by atoms with Crippen molar-refractivity contribution in [2.75, 3.05) is 13.3 Å². The fourth-order valence-electron chi connectivity index (χ4n) is 3.17. The van der Waals surface area contributed by atoms with E-state index in [2.05, 4.69) is 15.8 Å². The maximum atomic E-state index is 12.5. The number of hydrazone groups is 1. The molecule has 2 aliphatic heterocycles. The fraction of sp³-hybridized carbons (Fsp3) is 0.211. The Balaban J connectivity index is 1.44. The molecule has 2 unspecified atom stereocenters. The Bertz CT molecular complexity index is 866. The van der Waals surface area contributed by atoms with E-state index in [9.17, 15) is 9.59 Å². The maximum absolute atomic E-state index is 12.5. The largest absolute Gasteiger partial charge is 0.454 e. The van der Waals surface area contributed by atoms with Crippen molar-refractivity contribution in [2.45, 2.75) is 5.92 Å². The van der Waals surface area contributed by atoms with Gasteiger partial charge in [-0.2, -0.15) is 5.10 Å². The first-order valence-corrected chi connectivity index (χ1v) is 8.27. The van der Waals surface area contributed by atoms with Gasteiger partial charge in [0, 0.05) is 12.5 Å². The normalized spacial score (nSPS) is 21.0. The predicted octanol–water partition coefficient (Wildman–Crippen LogP) is 1.40. The number of carbonyl (C=O) groups is 2. The lowest BCUT2D eigenvalue weighted by molar-refractivity contribution is -0.133. The van der Waals surface area contributed by atoms with Crippen molar-refractivity contribution >= 4 is 18.0 Å². The van der Waals surface area contributed by atoms with Crippen LogP contribution in [-0.2, 0) is 9.59 Å². The van der Waals surface area contributed by atoms with Gasteiger partial charge >= 0.3 is 0 Å². The van der Waals surface area contributed by atoms with Crippen molar-refractivity contribution in [3.63, 3.8) is 0 Å². The molecule has 4 rings (SSSR count). The average Bonchev–Trinajstić information content (AvgIpc) is 3.28. The van der Waals surface area contributed by atoms with Gasteiger partial charge in [-0.15, -0.1) is 0 Å². The summed E-state index contributed by atoms with van der Waals surface area (Å²) < 4.78 is 10.5. The molecule has 2 heterocycles. The SMILES string of the molecule is O=C1NCC(c2ccccc2)C1C(=O)N/N=C/c1ccc2c(c1)OCO2. The van der Waals surface area contributed by atoms with Gasteiger partial charge in [0.05, 0.1) is 6.21 Å². The van der Waals surface area contributed by atoms with Crippen LogP contribution >= 0.6 is 0 Å². The number of hydrogen-bond acceptors (Lipinski definition) is 5. The summed E-state index contributed by atoms with van der Waals surface area (Å²) in [7, 11) is 0. The van der Waals surface area contributed by atoms with E-state index in [1.807, 2.05) is 30.3 Å². The molecule has 132 valence electrons. The molecule has 2 amide bonds. The van der Waals surface area contributed by atoms with E-state index in [0.29, 0.717) is 18.0 Å². The van der Waals surface area contributed by atoms with E-state index in [0.717, 1.165) is 11.1 Å². The minimum Gasteiger partial charge on any atom is -0.454 e. The van der Waals surface area contributed by atoms with Gasteiger partial charge in [-0.05, 0) is 29.3 Å². The Morgan fingerprint density at radius 2 is 1.96 bits per heavy atom. The molecule has 0 bridgehead atoms. The number of ether oxygens (including phenoxy) is 2. The predicted molar refractivity (Wildman–Crippen MR) is 94.0 cm³/mol. The van der Waals surface area contributed by atoms with Crippen molar-refractivity contribution in [1.82, 2.24) is 10.7 Å². The van der Waals surface area contributed by atoms with E-state index < -0.39 is 11.8 Å². The summed E-state index contributed by atoms with van der Waals surface area (Å²) in [5.74, 6) is -0.393. The first-order chi connectivity index (χ1) is 12.7. The second-order valence-electron chi connectivity index (χ2n) is 6.09. The van der Waals surface area contributed by atoms with Gasteiger partial charge in [-0.25, -0.2) is 5.43 Å². The lowest BCUT2D eigenvalue weighted by Crippen LogP contribution is -2.34. The van der Waals surface area contributed by atoms with Crippen molar-refractivity contribution in [2.24, 2.45) is 11.0 Å². The Labute approximate surface area is 150 Å². The standard InChI is InChI=1S/C19H17N3O4/c23-18-17(14(10-20-18)13-4-2-1-3-5-13)19(24)22-21-9-12-6-7-15-16(8-12)26-11-25-15/h1-9,14,17H,10-11H2,(H,20,23)(H,22,24)/b21-9+. The van der Waals surface area contributed by atoms with Crippen molar-refractivity contribution in [3.05, 3.63) is 59.7 Å². The molecule has 2 atom stereocenters. The number of fused-ring (bicyclic) bond motifs is 1. The number of rotatable bonds is 4. The molecule has 2 aromatic carbocycles. The minimum absolute atomic E-state index is 0.199. The van der Waals surface area contributed by atoms with Crippen LogP contribution in [0.2, 0.25) is 0 Å². The van der Waals surface area contributed by atoms with Crippen molar-refractivity contribution < 1.29 is 19.1 Å². The highest BCUT2D eigenvalue weighted by Crippen LogP contribution is 2.32. The first kappa shape index (κ1) is 16.1. The number of nitrogens with one attached hydrogen (secondary N) is 2. The molecule has 2 N–H and O–H groups in total. The fourth-order valence-corrected chi connectivity index (χ4v) is 3.17. The average molecular weight is 351 g/mol. The van der Waals surface area contributed by atoms with E-state index in [1.165, 1.54) is 6.21 Å². The molecular weight excluding hydrogens is 334 g/mol. The van der Waals surface area contributed by atoms with Crippen LogP contribution in [0.25, 0.3) is 0 Å². The highest BCUT2D eigenvalue weighted by atomic mass is 16.7. The molecule has 2 aliphatic rings. The van der Waals surface area contributed by atoms with Gasteiger partial charge < -0.3 is 14.8 Å². The lowest BCUT2D eigenvalue weighted by Gasteiger charge is -2.15. The van der Waals surface area contributed by atoms with Crippen LogP contribution in [-0.4, -0.2) is 31.4 Å². The van der Waals surface area contributed by atoms with Gasteiger partial charge in [0.2, 0.25) is 12.7 Å². The van der Waals surface area contributed by atoms with Gasteiger partial charge in [-0.1, -0.05) is 30.3 Å². The summed E-state index contributed by atoms with van der Waals surface area (Å²) in [6.45, 7) is 0.636. The van der Waals surface area contributed by atoms with Gasteiger partial charge in [0.15, 0.2) is 11.5 Å². The molecule has 0 saturated carbocycles. The second kappa shape index (κ2) is 6.87. The molecule has 7 heteroatoms. The van der Waals surface area contributed by atoms with Crippen LogP contribution in [0.15, 0.2) is 53.6 Å². The Hall–Kier alpha value is -3.35. The molecule has 1 saturated heterocycles. The number of amides is 2. The molecule has 0 spiro atoms. The second-order valence-corrected chi connectivity index (χ2v) is 6.09. The van der Waals surface area contributed by atoms with Crippen molar-refractivity contribution in [1.29, 1.82) is 0 Å². The van der Waals surface area contributed by atoms with E-state index in [1.54, 1.807) is 18.2 Å². The quantitative estimate of drug-likeness (QED) is 0.495. The Morgan fingerprint density at radius 1 is 1.15 bits per heavy atom. The number of nitrogens with zero attached hydrogens (tertiary/aromatic N) is 1. The highest BCUT2D eigenvalue weighted by Gasteiger charge is 2.40. The number of hydrogen-bond donors (Lipinski definition) is 2. The molecule has 1 fully saturated rings. The van der Waals surface area contributed by atoms with E-state index in [4.69, 9.17) is 9.47 Å². The number of carbonyl (C=O) groups excluding carboxylic acids is 2. The Kier molecular flexibility index (Phi) is 4.27.